The van der Waals surface area contributed by atoms with Gasteiger partial charge in [0.15, 0.2) is 0 Å². The minimum Gasteiger partial charge on any atom is -0.462 e. The van der Waals surface area contributed by atoms with Crippen LogP contribution in [0.1, 0.15) is 35.7 Å². The van der Waals surface area contributed by atoms with E-state index in [1.807, 2.05) is 0 Å². The molecule has 1 aliphatic heterocycles. The van der Waals surface area contributed by atoms with Crippen molar-refractivity contribution in [2.24, 2.45) is 5.92 Å². The van der Waals surface area contributed by atoms with Crippen LogP contribution in [0.15, 0.2) is 61.4 Å². The fourth-order valence-corrected chi connectivity index (χ4v) is 3.89. The molecule has 2 heterocycles. The Bertz CT molecular complexity index is 1060. The summed E-state index contributed by atoms with van der Waals surface area (Å²) >= 11 is 0. The number of nitrogens with one attached hydrogen (secondary N) is 1. The summed E-state index contributed by atoms with van der Waals surface area (Å²) in [6.45, 7) is 9.06. The molecule has 0 atom stereocenters. The summed E-state index contributed by atoms with van der Waals surface area (Å²) in [6.07, 6.45) is 5.20. The number of fused-ring (bicyclic) bond motifs is 1. The maximum Gasteiger partial charge on any atom is 0.341 e. The Kier molecular flexibility index (Phi) is 6.46. The van der Waals surface area contributed by atoms with Crippen LogP contribution in [0.25, 0.3) is 16.5 Å². The van der Waals surface area contributed by atoms with Crippen molar-refractivity contribution in [3.05, 3.63) is 72.6 Å². The summed E-state index contributed by atoms with van der Waals surface area (Å²) in [4.78, 5) is 22.6. The zero-order valence-electron chi connectivity index (χ0n) is 17.9. The molecule has 1 N–H and O–H groups in total. The van der Waals surface area contributed by atoms with Gasteiger partial charge in [0.1, 0.15) is 0 Å². The molecule has 160 valence electrons. The summed E-state index contributed by atoms with van der Waals surface area (Å²) in [5.41, 5.74) is 2.48. The maximum absolute atomic E-state index is 11.7. The van der Waals surface area contributed by atoms with E-state index < -0.39 is 0 Å². The van der Waals surface area contributed by atoms with Crippen molar-refractivity contribution >= 4 is 28.4 Å². The second-order valence-corrected chi connectivity index (χ2v) is 7.84. The molecule has 6 heteroatoms. The van der Waals surface area contributed by atoms with Crippen molar-refractivity contribution in [2.75, 3.05) is 31.1 Å². The first-order valence-electron chi connectivity index (χ1n) is 10.8. The normalized spacial score (nSPS) is 14.4. The standard InChI is InChI=1S/C25H28N4O2/c1-3-31-24(30)23-16-27-25(28-17-23)29-12-10-19(11-13-29)15-26-18(2)21-9-8-20-6-4-5-7-22(20)14-21/h4-9,14,16-17,19,26H,2-3,10-13,15H2,1H3. The number of carbonyl (C=O) groups is 1. The number of rotatable bonds is 7. The topological polar surface area (TPSA) is 67.4 Å². The van der Waals surface area contributed by atoms with Crippen molar-refractivity contribution in [3.8, 4) is 0 Å². The predicted octanol–water partition coefficient (Wildman–Crippen LogP) is 4.28. The van der Waals surface area contributed by atoms with Gasteiger partial charge in [-0.2, -0.15) is 0 Å². The van der Waals surface area contributed by atoms with E-state index in [2.05, 4.69) is 69.2 Å². The number of piperidine rings is 1. The van der Waals surface area contributed by atoms with Gasteiger partial charge in [-0.05, 0) is 48.1 Å². The van der Waals surface area contributed by atoms with E-state index in [1.165, 1.54) is 10.8 Å². The molecule has 0 bridgehead atoms. The molecule has 0 aliphatic carbocycles. The highest BCUT2D eigenvalue weighted by atomic mass is 16.5. The lowest BCUT2D eigenvalue weighted by atomic mass is 9.96. The molecule has 6 nitrogen and oxygen atoms in total. The Morgan fingerprint density at radius 2 is 1.81 bits per heavy atom. The lowest BCUT2D eigenvalue weighted by Crippen LogP contribution is -2.37. The summed E-state index contributed by atoms with van der Waals surface area (Å²) in [7, 11) is 0. The predicted molar refractivity (Wildman–Crippen MR) is 124 cm³/mol. The van der Waals surface area contributed by atoms with Gasteiger partial charge >= 0.3 is 5.97 Å². The van der Waals surface area contributed by atoms with Crippen LogP contribution >= 0.6 is 0 Å². The third kappa shape index (κ3) is 5.02. The number of aromatic nitrogens is 2. The van der Waals surface area contributed by atoms with E-state index in [9.17, 15) is 4.79 Å². The zero-order valence-corrected chi connectivity index (χ0v) is 17.9. The average Bonchev–Trinajstić information content (AvgIpc) is 2.83. The van der Waals surface area contributed by atoms with Crippen molar-refractivity contribution in [3.63, 3.8) is 0 Å². The van der Waals surface area contributed by atoms with Crippen LogP contribution in [0.2, 0.25) is 0 Å². The van der Waals surface area contributed by atoms with E-state index in [1.54, 1.807) is 19.3 Å². The van der Waals surface area contributed by atoms with Gasteiger partial charge in [0.2, 0.25) is 5.95 Å². The molecule has 31 heavy (non-hydrogen) atoms. The Morgan fingerprint density at radius 3 is 2.52 bits per heavy atom. The van der Waals surface area contributed by atoms with Gasteiger partial charge in [0, 0.05) is 37.7 Å². The monoisotopic (exact) mass is 416 g/mol. The average molecular weight is 417 g/mol. The van der Waals surface area contributed by atoms with Crippen LogP contribution in [-0.2, 0) is 4.74 Å². The van der Waals surface area contributed by atoms with E-state index in [0.29, 0.717) is 24.0 Å². The Morgan fingerprint density at radius 1 is 1.10 bits per heavy atom. The molecule has 2 aromatic carbocycles. The van der Waals surface area contributed by atoms with Gasteiger partial charge in [-0.25, -0.2) is 14.8 Å². The van der Waals surface area contributed by atoms with Crippen molar-refractivity contribution in [1.82, 2.24) is 15.3 Å². The molecule has 1 aliphatic rings. The number of benzene rings is 2. The summed E-state index contributed by atoms with van der Waals surface area (Å²) in [5, 5.41) is 5.99. The van der Waals surface area contributed by atoms with Gasteiger partial charge in [0.25, 0.3) is 0 Å². The number of ether oxygens (including phenoxy) is 1. The van der Waals surface area contributed by atoms with Gasteiger partial charge in [0.05, 0.1) is 12.2 Å². The molecule has 0 unspecified atom stereocenters. The van der Waals surface area contributed by atoms with Gasteiger partial charge in [-0.15, -0.1) is 0 Å². The molecule has 1 saturated heterocycles. The van der Waals surface area contributed by atoms with Crippen LogP contribution in [-0.4, -0.2) is 42.2 Å². The molecule has 4 rings (SSSR count). The second-order valence-electron chi connectivity index (χ2n) is 7.84. The number of esters is 1. The first kappa shape index (κ1) is 20.8. The molecule has 1 aromatic heterocycles. The first-order chi connectivity index (χ1) is 15.1. The van der Waals surface area contributed by atoms with Gasteiger partial charge in [-0.1, -0.05) is 43.0 Å². The number of hydrogen-bond acceptors (Lipinski definition) is 6. The summed E-state index contributed by atoms with van der Waals surface area (Å²) < 4.78 is 4.98. The quantitative estimate of drug-likeness (QED) is 0.580. The SMILES string of the molecule is C=C(NCC1CCN(c2ncc(C(=O)OCC)cn2)CC1)c1ccc2ccccc2c1. The highest BCUT2D eigenvalue weighted by Gasteiger charge is 2.21. The van der Waals surface area contributed by atoms with E-state index >= 15 is 0 Å². The van der Waals surface area contributed by atoms with Crippen molar-refractivity contribution < 1.29 is 9.53 Å². The Balaban J connectivity index is 1.27. The fourth-order valence-electron chi connectivity index (χ4n) is 3.89. The number of carbonyl (C=O) groups excluding carboxylic acids is 1. The van der Waals surface area contributed by atoms with Crippen LogP contribution in [0.4, 0.5) is 5.95 Å². The fraction of sp³-hybridized carbons (Fsp3) is 0.320. The largest absolute Gasteiger partial charge is 0.462 e. The molecule has 1 fully saturated rings. The molecule has 0 saturated carbocycles. The van der Waals surface area contributed by atoms with Crippen molar-refractivity contribution in [1.29, 1.82) is 0 Å². The van der Waals surface area contributed by atoms with E-state index in [0.717, 1.165) is 43.7 Å². The zero-order chi connectivity index (χ0) is 21.6. The lowest BCUT2D eigenvalue weighted by molar-refractivity contribution is 0.0525. The molecule has 3 aromatic rings. The number of hydrogen-bond donors (Lipinski definition) is 1. The van der Waals surface area contributed by atoms with Crippen LogP contribution in [0, 0.1) is 5.92 Å². The van der Waals surface area contributed by atoms with Crippen molar-refractivity contribution in [2.45, 2.75) is 19.8 Å². The molecule has 0 spiro atoms. The third-order valence-electron chi connectivity index (χ3n) is 5.75. The second kappa shape index (κ2) is 9.60. The van der Waals surface area contributed by atoms with E-state index in [-0.39, 0.29) is 5.97 Å². The summed E-state index contributed by atoms with van der Waals surface area (Å²) in [5.74, 6) is 0.859. The number of anilines is 1. The first-order valence-corrected chi connectivity index (χ1v) is 10.8. The highest BCUT2D eigenvalue weighted by Crippen LogP contribution is 2.22. The molecule has 0 amide bonds. The van der Waals surface area contributed by atoms with Crippen LogP contribution in [0.3, 0.4) is 0 Å². The maximum atomic E-state index is 11.7. The Labute approximate surface area is 183 Å². The van der Waals surface area contributed by atoms with Crippen LogP contribution < -0.4 is 10.2 Å². The van der Waals surface area contributed by atoms with Gasteiger partial charge < -0.3 is 15.0 Å². The minimum absolute atomic E-state index is 0.343. The summed E-state index contributed by atoms with van der Waals surface area (Å²) in [6, 6.07) is 14.8. The van der Waals surface area contributed by atoms with E-state index in [4.69, 9.17) is 4.74 Å². The van der Waals surface area contributed by atoms with Crippen LogP contribution in [0.5, 0.6) is 0 Å². The third-order valence-corrected chi connectivity index (χ3v) is 5.75. The minimum atomic E-state index is -0.384. The number of nitrogens with zero attached hydrogens (tertiary/aromatic N) is 3. The van der Waals surface area contributed by atoms with Gasteiger partial charge in [-0.3, -0.25) is 0 Å². The smallest absolute Gasteiger partial charge is 0.341 e. The highest BCUT2D eigenvalue weighted by molar-refractivity contribution is 5.88. The molecular formula is C25H28N4O2. The molecule has 0 radical (unpaired) electrons. The lowest BCUT2D eigenvalue weighted by Gasteiger charge is -2.32. The Hall–Kier alpha value is -3.41. The molecular weight excluding hydrogens is 388 g/mol.